The summed E-state index contributed by atoms with van der Waals surface area (Å²) in [5.41, 5.74) is 3.92. The lowest BCUT2D eigenvalue weighted by Crippen LogP contribution is -2.19. The maximum Gasteiger partial charge on any atom is 0.0453 e. The number of aryl methyl sites for hydroxylation is 1. The van der Waals surface area contributed by atoms with Crippen molar-refractivity contribution in [2.75, 3.05) is 0 Å². The first-order valence-electron chi connectivity index (χ1n) is 6.77. The smallest absolute Gasteiger partial charge is 0.0453 e. The summed E-state index contributed by atoms with van der Waals surface area (Å²) in [7, 11) is 0. The summed E-state index contributed by atoms with van der Waals surface area (Å²) in [6.45, 7) is 5.21. The molecule has 1 nitrogen and oxygen atoms in total. The van der Waals surface area contributed by atoms with E-state index in [2.05, 4.69) is 49.5 Å². The minimum atomic E-state index is 0.249. The van der Waals surface area contributed by atoms with E-state index in [9.17, 15) is 0 Å². The molecule has 2 aromatic rings. The molecule has 0 unspecified atom stereocenters. The minimum Gasteiger partial charge on any atom is -0.306 e. The Labute approximate surface area is 120 Å². The second kappa shape index (κ2) is 6.74. The Morgan fingerprint density at radius 2 is 1.63 bits per heavy atom. The van der Waals surface area contributed by atoms with Gasteiger partial charge in [-0.1, -0.05) is 61.0 Å². The van der Waals surface area contributed by atoms with E-state index >= 15 is 0 Å². The summed E-state index contributed by atoms with van der Waals surface area (Å²) in [6.07, 6.45) is 1.07. The zero-order chi connectivity index (χ0) is 13.7. The van der Waals surface area contributed by atoms with Crippen molar-refractivity contribution in [3.05, 3.63) is 70.2 Å². The maximum atomic E-state index is 6.22. The van der Waals surface area contributed by atoms with E-state index in [1.54, 1.807) is 0 Å². The van der Waals surface area contributed by atoms with Crippen LogP contribution in [0.25, 0.3) is 0 Å². The Balaban J connectivity index is 2.04. The molecule has 1 atom stereocenters. The predicted octanol–water partition coefficient (Wildman–Crippen LogP) is 4.75. The highest BCUT2D eigenvalue weighted by molar-refractivity contribution is 6.31. The number of hydrogen-bond donors (Lipinski definition) is 1. The first-order valence-corrected chi connectivity index (χ1v) is 7.14. The van der Waals surface area contributed by atoms with Crippen LogP contribution in [0.5, 0.6) is 0 Å². The lowest BCUT2D eigenvalue weighted by atomic mass is 10.0. The van der Waals surface area contributed by atoms with Crippen molar-refractivity contribution in [1.29, 1.82) is 0 Å². The van der Waals surface area contributed by atoms with E-state index in [-0.39, 0.29) is 6.04 Å². The molecule has 0 bridgehead atoms. The van der Waals surface area contributed by atoms with Crippen LogP contribution in [0, 0.1) is 0 Å². The van der Waals surface area contributed by atoms with Crippen LogP contribution >= 0.6 is 11.6 Å². The third-order valence-electron chi connectivity index (χ3n) is 3.47. The topological polar surface area (TPSA) is 12.0 Å². The number of benzene rings is 2. The molecular weight excluding hydrogens is 254 g/mol. The molecule has 0 spiro atoms. The van der Waals surface area contributed by atoms with Gasteiger partial charge in [0.1, 0.15) is 0 Å². The zero-order valence-electron chi connectivity index (χ0n) is 11.5. The Morgan fingerprint density at radius 3 is 2.32 bits per heavy atom. The number of nitrogens with one attached hydrogen (secondary N) is 1. The minimum absolute atomic E-state index is 0.249. The summed E-state index contributed by atoms with van der Waals surface area (Å²) in [5.74, 6) is 0. The molecule has 0 radical (unpaired) electrons. The molecule has 0 aliphatic heterocycles. The first kappa shape index (κ1) is 14.1. The van der Waals surface area contributed by atoms with Crippen molar-refractivity contribution < 1.29 is 0 Å². The number of halogens is 1. The normalized spacial score (nSPS) is 12.4. The van der Waals surface area contributed by atoms with Crippen LogP contribution in [0.3, 0.4) is 0 Å². The van der Waals surface area contributed by atoms with Gasteiger partial charge in [-0.25, -0.2) is 0 Å². The van der Waals surface area contributed by atoms with Gasteiger partial charge in [0.2, 0.25) is 0 Å². The van der Waals surface area contributed by atoms with Crippen molar-refractivity contribution in [3.63, 3.8) is 0 Å². The standard InChI is InChI=1S/C17H20ClN/c1-3-14-8-4-5-9-15(14)12-19-13(2)16-10-6-7-11-17(16)18/h4-11,13,19H,3,12H2,1-2H3/t13-/m0/s1. The maximum absolute atomic E-state index is 6.22. The van der Waals surface area contributed by atoms with Crippen molar-refractivity contribution in [2.45, 2.75) is 32.9 Å². The van der Waals surface area contributed by atoms with Crippen molar-refractivity contribution in [1.82, 2.24) is 5.32 Å². The molecule has 0 amide bonds. The summed E-state index contributed by atoms with van der Waals surface area (Å²) < 4.78 is 0. The summed E-state index contributed by atoms with van der Waals surface area (Å²) in [6, 6.07) is 16.8. The Kier molecular flexibility index (Phi) is 5.00. The van der Waals surface area contributed by atoms with Crippen LogP contribution in [0.2, 0.25) is 5.02 Å². The second-order valence-corrected chi connectivity index (χ2v) is 5.15. The van der Waals surface area contributed by atoms with E-state index < -0.39 is 0 Å². The van der Waals surface area contributed by atoms with Crippen LogP contribution in [0.15, 0.2) is 48.5 Å². The van der Waals surface area contributed by atoms with Crippen LogP contribution in [-0.4, -0.2) is 0 Å². The molecule has 1 N–H and O–H groups in total. The van der Waals surface area contributed by atoms with Gasteiger partial charge in [-0.15, -0.1) is 0 Å². The fraction of sp³-hybridized carbons (Fsp3) is 0.294. The lowest BCUT2D eigenvalue weighted by Gasteiger charge is -2.17. The van der Waals surface area contributed by atoms with Gasteiger partial charge in [0.15, 0.2) is 0 Å². The molecule has 0 saturated heterocycles. The van der Waals surface area contributed by atoms with Crippen LogP contribution in [0.1, 0.15) is 36.6 Å². The van der Waals surface area contributed by atoms with Gasteiger partial charge in [0, 0.05) is 17.6 Å². The molecule has 2 rings (SSSR count). The van der Waals surface area contributed by atoms with Gasteiger partial charge in [-0.2, -0.15) is 0 Å². The monoisotopic (exact) mass is 273 g/mol. The van der Waals surface area contributed by atoms with Crippen LogP contribution in [-0.2, 0) is 13.0 Å². The Hall–Kier alpha value is -1.31. The molecule has 0 aromatic heterocycles. The van der Waals surface area contributed by atoms with Gasteiger partial charge < -0.3 is 5.32 Å². The largest absolute Gasteiger partial charge is 0.306 e. The molecule has 0 fully saturated rings. The van der Waals surface area contributed by atoms with Crippen LogP contribution in [0.4, 0.5) is 0 Å². The molecule has 0 aliphatic rings. The van der Waals surface area contributed by atoms with Gasteiger partial charge >= 0.3 is 0 Å². The molecule has 19 heavy (non-hydrogen) atoms. The van der Waals surface area contributed by atoms with Crippen molar-refractivity contribution in [2.24, 2.45) is 0 Å². The summed E-state index contributed by atoms with van der Waals surface area (Å²) in [5, 5.41) is 4.37. The average molecular weight is 274 g/mol. The van der Waals surface area contributed by atoms with E-state index in [0.29, 0.717) is 0 Å². The highest BCUT2D eigenvalue weighted by atomic mass is 35.5. The second-order valence-electron chi connectivity index (χ2n) is 4.75. The molecule has 0 aliphatic carbocycles. The van der Waals surface area contributed by atoms with E-state index in [1.807, 2.05) is 18.2 Å². The predicted molar refractivity (Wildman–Crippen MR) is 82.5 cm³/mol. The first-order chi connectivity index (χ1) is 9.22. The van der Waals surface area contributed by atoms with Gasteiger partial charge in [0.05, 0.1) is 0 Å². The highest BCUT2D eigenvalue weighted by Crippen LogP contribution is 2.22. The molecule has 2 heteroatoms. The van der Waals surface area contributed by atoms with E-state index in [4.69, 9.17) is 11.6 Å². The fourth-order valence-electron chi connectivity index (χ4n) is 2.27. The third-order valence-corrected chi connectivity index (χ3v) is 3.81. The third kappa shape index (κ3) is 3.59. The number of hydrogen-bond acceptors (Lipinski definition) is 1. The summed E-state index contributed by atoms with van der Waals surface area (Å²) in [4.78, 5) is 0. The Morgan fingerprint density at radius 1 is 1.00 bits per heavy atom. The molecule has 2 aromatic carbocycles. The zero-order valence-corrected chi connectivity index (χ0v) is 12.2. The molecular formula is C17H20ClN. The fourth-order valence-corrected chi connectivity index (χ4v) is 2.57. The number of rotatable bonds is 5. The lowest BCUT2D eigenvalue weighted by molar-refractivity contribution is 0.573. The van der Waals surface area contributed by atoms with E-state index in [0.717, 1.165) is 23.6 Å². The van der Waals surface area contributed by atoms with Gasteiger partial charge in [-0.3, -0.25) is 0 Å². The SMILES string of the molecule is CCc1ccccc1CN[C@@H](C)c1ccccc1Cl. The Bertz CT molecular complexity index is 536. The highest BCUT2D eigenvalue weighted by Gasteiger charge is 2.09. The van der Waals surface area contributed by atoms with Gasteiger partial charge in [-0.05, 0) is 36.1 Å². The van der Waals surface area contributed by atoms with Crippen molar-refractivity contribution >= 4 is 11.6 Å². The molecule has 0 heterocycles. The summed E-state index contributed by atoms with van der Waals surface area (Å²) >= 11 is 6.22. The van der Waals surface area contributed by atoms with Crippen molar-refractivity contribution in [3.8, 4) is 0 Å². The quantitative estimate of drug-likeness (QED) is 0.829. The van der Waals surface area contributed by atoms with E-state index in [1.165, 1.54) is 11.1 Å². The molecule has 100 valence electrons. The van der Waals surface area contributed by atoms with Gasteiger partial charge in [0.25, 0.3) is 0 Å². The molecule has 0 saturated carbocycles. The van der Waals surface area contributed by atoms with Crippen LogP contribution < -0.4 is 5.32 Å². The average Bonchev–Trinajstić information content (AvgIpc) is 2.45.